The molecule has 4 N–H and O–H groups in total. The smallest absolute Gasteiger partial charge is 0.320 e. The van der Waals surface area contributed by atoms with Gasteiger partial charge in [0.25, 0.3) is 0 Å². The van der Waals surface area contributed by atoms with Gasteiger partial charge in [-0.3, -0.25) is 19.6 Å². The third kappa shape index (κ3) is 7.70. The summed E-state index contributed by atoms with van der Waals surface area (Å²) in [5, 5.41) is 20.1. The second-order valence-electron chi connectivity index (χ2n) is 12.3. The highest BCUT2D eigenvalue weighted by atomic mass is 16.5. The van der Waals surface area contributed by atoms with E-state index >= 15 is 0 Å². The van der Waals surface area contributed by atoms with Gasteiger partial charge < -0.3 is 25.8 Å². The third-order valence-electron chi connectivity index (χ3n) is 9.22. The molecule has 246 valence electrons. The predicted molar refractivity (Wildman–Crippen MR) is 184 cm³/mol. The molecule has 0 radical (unpaired) electrons. The number of pyridine rings is 2. The molecule has 2 aliphatic heterocycles. The number of rotatable bonds is 10. The second-order valence-corrected chi connectivity index (χ2v) is 12.3. The molecule has 0 aliphatic carbocycles. The fraction of sp³-hybridized carbons (Fsp3) is 0.389. The van der Waals surface area contributed by atoms with E-state index in [0.717, 1.165) is 102 Å². The zero-order chi connectivity index (χ0) is 32.8. The second kappa shape index (κ2) is 14.9. The maximum atomic E-state index is 12.7. The number of aromatic nitrogens is 2. The van der Waals surface area contributed by atoms with Crippen molar-refractivity contribution in [1.29, 1.82) is 0 Å². The number of amides is 2. The van der Waals surface area contributed by atoms with Crippen molar-refractivity contribution >= 4 is 40.1 Å². The van der Waals surface area contributed by atoms with Crippen molar-refractivity contribution < 1.29 is 19.4 Å². The van der Waals surface area contributed by atoms with Crippen LogP contribution in [0.4, 0.5) is 22.0 Å². The molecule has 11 nitrogen and oxygen atoms in total. The van der Waals surface area contributed by atoms with E-state index in [1.807, 2.05) is 48.4 Å². The molecule has 2 aliphatic rings. The van der Waals surface area contributed by atoms with Crippen LogP contribution >= 0.6 is 0 Å². The Balaban J connectivity index is 1.16. The summed E-state index contributed by atoms with van der Waals surface area (Å²) in [6.07, 6.45) is 6.22. The Bertz CT molecular complexity index is 1740. The summed E-state index contributed by atoms with van der Waals surface area (Å²) < 4.78 is 5.40. The number of aliphatic carboxylic acids is 1. The molecular formula is C36H43N7O4. The number of ether oxygens (including phenoxy) is 1. The van der Waals surface area contributed by atoms with Gasteiger partial charge >= 0.3 is 12.0 Å². The fourth-order valence-electron chi connectivity index (χ4n) is 6.55. The number of fused-ring (bicyclic) bond motifs is 1. The topological polar surface area (TPSA) is 132 Å². The minimum Gasteiger partial charge on any atom is -0.480 e. The number of carboxylic acids is 1. The Morgan fingerprint density at radius 1 is 0.957 bits per heavy atom. The molecule has 2 aromatic heterocycles. The summed E-state index contributed by atoms with van der Waals surface area (Å²) in [6.45, 7) is 10.0. The van der Waals surface area contributed by atoms with Gasteiger partial charge in [-0.25, -0.2) is 9.78 Å². The van der Waals surface area contributed by atoms with Gasteiger partial charge in [0, 0.05) is 61.9 Å². The number of hydrogen-bond donors (Lipinski definition) is 4. The van der Waals surface area contributed by atoms with E-state index in [4.69, 9.17) is 9.72 Å². The van der Waals surface area contributed by atoms with Gasteiger partial charge in [-0.05, 0) is 85.3 Å². The lowest BCUT2D eigenvalue weighted by Crippen LogP contribution is -2.44. The van der Waals surface area contributed by atoms with Gasteiger partial charge in [0.2, 0.25) is 0 Å². The largest absolute Gasteiger partial charge is 0.480 e. The van der Waals surface area contributed by atoms with E-state index in [1.54, 1.807) is 6.20 Å². The first-order chi connectivity index (χ1) is 22.9. The molecule has 11 heteroatoms. The molecule has 4 heterocycles. The Kier molecular flexibility index (Phi) is 10.3. The monoisotopic (exact) mass is 637 g/mol. The van der Waals surface area contributed by atoms with Crippen LogP contribution in [0.2, 0.25) is 0 Å². The van der Waals surface area contributed by atoms with Gasteiger partial charge in [0.05, 0.1) is 13.2 Å². The average Bonchev–Trinajstić information content (AvgIpc) is 3.07. The Morgan fingerprint density at radius 2 is 1.70 bits per heavy atom. The van der Waals surface area contributed by atoms with Gasteiger partial charge in [-0.15, -0.1) is 0 Å². The number of nitrogens with one attached hydrogen (secondary N) is 3. The number of likely N-dealkylation sites (tertiary alicyclic amines) is 1. The Hall–Kier alpha value is -4.58. The summed E-state index contributed by atoms with van der Waals surface area (Å²) in [5.74, 6) is -0.109. The van der Waals surface area contributed by atoms with Crippen molar-refractivity contribution in [3.05, 3.63) is 77.6 Å². The molecule has 4 aromatic rings. The highest BCUT2D eigenvalue weighted by molar-refractivity contribution is 5.93. The van der Waals surface area contributed by atoms with Crippen molar-refractivity contribution in [2.24, 2.45) is 0 Å². The fourth-order valence-corrected chi connectivity index (χ4v) is 6.55. The molecule has 1 atom stereocenters. The minimum absolute atomic E-state index is 0.221. The van der Waals surface area contributed by atoms with Crippen LogP contribution in [-0.4, -0.2) is 88.9 Å². The highest BCUT2D eigenvalue weighted by Gasteiger charge is 2.28. The first-order valence-electron chi connectivity index (χ1n) is 16.4. The van der Waals surface area contributed by atoms with Gasteiger partial charge in [-0.2, -0.15) is 0 Å². The number of urea groups is 1. The standard InChI is InChI=1S/C36H43N7O4/c1-24-28(29-8-6-10-31(25(29)2)41-36(46)38-14-16-42-17-19-47-20-18-42)7-5-9-30(24)40-34-33-27(12-13-37-34)21-26(22-39-33)23-43-15-4-3-11-32(43)35(44)45/h5-10,12-13,21-22,32H,3-4,11,14-20,23H2,1-2H3,(H,37,40)(H,44,45)(H2,38,41,46). The van der Waals surface area contributed by atoms with Crippen LogP contribution in [0.15, 0.2) is 60.9 Å². The molecule has 2 aromatic carbocycles. The molecule has 2 saturated heterocycles. The average molecular weight is 638 g/mol. The number of morpholine rings is 1. The lowest BCUT2D eigenvalue weighted by Gasteiger charge is -2.32. The quantitative estimate of drug-likeness (QED) is 0.177. The van der Waals surface area contributed by atoms with Gasteiger partial charge in [0.1, 0.15) is 11.6 Å². The Labute approximate surface area is 275 Å². The molecule has 6 rings (SSSR count). The lowest BCUT2D eigenvalue weighted by molar-refractivity contribution is -0.144. The van der Waals surface area contributed by atoms with Crippen LogP contribution in [0, 0.1) is 13.8 Å². The number of carboxylic acid groups (broad SMARTS) is 1. The Morgan fingerprint density at radius 3 is 2.47 bits per heavy atom. The first kappa shape index (κ1) is 32.4. The van der Waals surface area contributed by atoms with E-state index in [1.165, 1.54) is 0 Å². The van der Waals surface area contributed by atoms with E-state index in [2.05, 4.69) is 51.0 Å². The van der Waals surface area contributed by atoms with Gasteiger partial charge in [0.15, 0.2) is 5.82 Å². The summed E-state index contributed by atoms with van der Waals surface area (Å²) in [6, 6.07) is 15.4. The van der Waals surface area contributed by atoms with Crippen LogP contribution in [0.5, 0.6) is 0 Å². The lowest BCUT2D eigenvalue weighted by atomic mass is 9.94. The van der Waals surface area contributed by atoms with E-state index < -0.39 is 12.0 Å². The zero-order valence-electron chi connectivity index (χ0n) is 27.1. The van der Waals surface area contributed by atoms with Crippen molar-refractivity contribution in [3.8, 4) is 11.1 Å². The molecule has 2 amide bonds. The number of piperidine rings is 1. The molecule has 2 fully saturated rings. The molecule has 0 bridgehead atoms. The van der Waals surface area contributed by atoms with Crippen molar-refractivity contribution in [2.75, 3.05) is 56.6 Å². The maximum absolute atomic E-state index is 12.7. The molecule has 0 spiro atoms. The summed E-state index contributed by atoms with van der Waals surface area (Å²) in [4.78, 5) is 38.2. The van der Waals surface area contributed by atoms with Crippen molar-refractivity contribution in [2.45, 2.75) is 45.7 Å². The summed E-state index contributed by atoms with van der Waals surface area (Å²) >= 11 is 0. The zero-order valence-corrected chi connectivity index (χ0v) is 27.1. The molecular weight excluding hydrogens is 594 g/mol. The molecule has 1 unspecified atom stereocenters. The molecule has 0 saturated carbocycles. The van der Waals surface area contributed by atoms with E-state index in [9.17, 15) is 14.7 Å². The van der Waals surface area contributed by atoms with Crippen LogP contribution in [-0.2, 0) is 16.1 Å². The molecule has 47 heavy (non-hydrogen) atoms. The van der Waals surface area contributed by atoms with Crippen LogP contribution in [0.1, 0.15) is 36.0 Å². The summed E-state index contributed by atoms with van der Waals surface area (Å²) in [7, 11) is 0. The van der Waals surface area contributed by atoms with Crippen LogP contribution in [0.3, 0.4) is 0 Å². The normalized spacial score (nSPS) is 17.4. The SMILES string of the molecule is Cc1c(NC(=O)NCCN2CCOCC2)cccc1-c1cccc(Nc2nccc3cc(CN4CCCCC4C(=O)O)cnc23)c1C. The third-order valence-corrected chi connectivity index (χ3v) is 9.22. The number of carbonyl (C=O) groups is 2. The van der Waals surface area contributed by atoms with Crippen molar-refractivity contribution in [1.82, 2.24) is 25.1 Å². The number of nitrogens with zero attached hydrogens (tertiary/aromatic N) is 4. The van der Waals surface area contributed by atoms with E-state index in [0.29, 0.717) is 25.3 Å². The van der Waals surface area contributed by atoms with Crippen LogP contribution < -0.4 is 16.0 Å². The van der Waals surface area contributed by atoms with E-state index in [-0.39, 0.29) is 6.03 Å². The highest BCUT2D eigenvalue weighted by Crippen LogP contribution is 2.35. The van der Waals surface area contributed by atoms with Gasteiger partial charge in [-0.1, -0.05) is 30.7 Å². The number of hydrogen-bond acceptors (Lipinski definition) is 8. The number of anilines is 3. The minimum atomic E-state index is -0.759. The van der Waals surface area contributed by atoms with Crippen molar-refractivity contribution in [3.63, 3.8) is 0 Å². The summed E-state index contributed by atoms with van der Waals surface area (Å²) in [5.41, 5.74) is 7.50. The number of carbonyl (C=O) groups excluding carboxylic acids is 1. The van der Waals surface area contributed by atoms with Crippen LogP contribution in [0.25, 0.3) is 22.0 Å². The number of benzene rings is 2. The maximum Gasteiger partial charge on any atom is 0.320 e. The first-order valence-corrected chi connectivity index (χ1v) is 16.4. The predicted octanol–water partition coefficient (Wildman–Crippen LogP) is 5.55.